The van der Waals surface area contributed by atoms with E-state index in [2.05, 4.69) is 0 Å². The average Bonchev–Trinajstić information content (AvgIpc) is 2.49. The molecule has 1 unspecified atom stereocenters. The van der Waals surface area contributed by atoms with E-state index in [0.717, 1.165) is 12.1 Å². The molecule has 0 aromatic heterocycles. The van der Waals surface area contributed by atoms with Crippen molar-refractivity contribution in [1.29, 1.82) is 0 Å². The third-order valence-electron chi connectivity index (χ3n) is 3.68. The minimum Gasteiger partial charge on any atom is -0.390 e. The van der Waals surface area contributed by atoms with Crippen LogP contribution in [0.15, 0.2) is 18.2 Å². The number of hydrogen-bond acceptors (Lipinski definition) is 2. The van der Waals surface area contributed by atoms with Crippen LogP contribution >= 0.6 is 0 Å². The molecule has 6 heteroatoms. The SMILES string of the molecule is CC1(O)CCCN(c2ccc(C(F)(F)F)cc2F)CC1. The molecule has 1 fully saturated rings. The second kappa shape index (κ2) is 5.24. The number of alkyl halides is 3. The minimum absolute atomic E-state index is 0.163. The molecule has 1 aliphatic rings. The van der Waals surface area contributed by atoms with E-state index < -0.39 is 23.2 Å². The molecule has 1 N–H and O–H groups in total. The van der Waals surface area contributed by atoms with Gasteiger partial charge in [-0.15, -0.1) is 0 Å². The van der Waals surface area contributed by atoms with Gasteiger partial charge in [-0.25, -0.2) is 4.39 Å². The number of halogens is 4. The van der Waals surface area contributed by atoms with Crippen LogP contribution in [0.1, 0.15) is 31.7 Å². The minimum atomic E-state index is -4.54. The molecule has 1 aromatic rings. The molecule has 2 rings (SSSR count). The van der Waals surface area contributed by atoms with Crippen LogP contribution in [0.2, 0.25) is 0 Å². The van der Waals surface area contributed by atoms with Crippen LogP contribution in [-0.4, -0.2) is 23.8 Å². The monoisotopic (exact) mass is 291 g/mol. The smallest absolute Gasteiger partial charge is 0.390 e. The van der Waals surface area contributed by atoms with Crippen LogP contribution in [0, 0.1) is 5.82 Å². The first-order valence-electron chi connectivity index (χ1n) is 6.53. The van der Waals surface area contributed by atoms with Crippen molar-refractivity contribution in [2.24, 2.45) is 0 Å². The van der Waals surface area contributed by atoms with Gasteiger partial charge >= 0.3 is 6.18 Å². The molecule has 112 valence electrons. The standard InChI is InChI=1S/C14H17F4NO/c1-13(20)5-2-7-19(8-6-13)12-4-3-10(9-11(12)15)14(16,17)18/h3-4,9,20H,2,5-8H2,1H3. The molecule has 0 amide bonds. The van der Waals surface area contributed by atoms with Crippen LogP contribution < -0.4 is 4.90 Å². The molecule has 0 aliphatic carbocycles. The van der Waals surface area contributed by atoms with Crippen LogP contribution in [0.25, 0.3) is 0 Å². The lowest BCUT2D eigenvalue weighted by molar-refractivity contribution is -0.137. The van der Waals surface area contributed by atoms with Crippen molar-refractivity contribution in [1.82, 2.24) is 0 Å². The summed E-state index contributed by atoms with van der Waals surface area (Å²) in [7, 11) is 0. The molecule has 1 aromatic carbocycles. The molecule has 0 radical (unpaired) electrons. The molecule has 20 heavy (non-hydrogen) atoms. The maximum Gasteiger partial charge on any atom is 0.416 e. The van der Waals surface area contributed by atoms with Gasteiger partial charge < -0.3 is 10.0 Å². The van der Waals surface area contributed by atoms with Crippen molar-refractivity contribution < 1.29 is 22.7 Å². The second-order valence-corrected chi connectivity index (χ2v) is 5.50. The van der Waals surface area contributed by atoms with Crippen molar-refractivity contribution in [2.45, 2.75) is 38.0 Å². The molecule has 1 saturated heterocycles. The van der Waals surface area contributed by atoms with Gasteiger partial charge in [-0.3, -0.25) is 0 Å². The van der Waals surface area contributed by atoms with Gasteiger partial charge in [0.1, 0.15) is 5.82 Å². The number of nitrogens with zero attached hydrogens (tertiary/aromatic N) is 1. The summed E-state index contributed by atoms with van der Waals surface area (Å²) in [6.07, 6.45) is -2.80. The quantitative estimate of drug-likeness (QED) is 0.799. The Morgan fingerprint density at radius 2 is 1.90 bits per heavy atom. The number of benzene rings is 1. The van der Waals surface area contributed by atoms with Crippen molar-refractivity contribution in [3.63, 3.8) is 0 Å². The topological polar surface area (TPSA) is 23.5 Å². The molecule has 0 bridgehead atoms. The molecule has 2 nitrogen and oxygen atoms in total. The predicted molar refractivity (Wildman–Crippen MR) is 68.1 cm³/mol. The molecule has 1 heterocycles. The number of rotatable bonds is 1. The third kappa shape index (κ3) is 3.42. The van der Waals surface area contributed by atoms with E-state index in [9.17, 15) is 22.7 Å². The highest BCUT2D eigenvalue weighted by Crippen LogP contribution is 2.33. The van der Waals surface area contributed by atoms with Gasteiger partial charge in [-0.05, 0) is 44.4 Å². The molecule has 1 aliphatic heterocycles. The molecular formula is C14H17F4NO. The largest absolute Gasteiger partial charge is 0.416 e. The first-order chi connectivity index (χ1) is 9.19. The Morgan fingerprint density at radius 3 is 2.50 bits per heavy atom. The van der Waals surface area contributed by atoms with Gasteiger partial charge in [0.2, 0.25) is 0 Å². The first-order valence-corrected chi connectivity index (χ1v) is 6.53. The average molecular weight is 291 g/mol. The highest BCUT2D eigenvalue weighted by Gasteiger charge is 2.32. The van der Waals surface area contributed by atoms with Gasteiger partial charge in [0.25, 0.3) is 0 Å². The summed E-state index contributed by atoms with van der Waals surface area (Å²) in [5, 5.41) is 9.97. The fourth-order valence-corrected chi connectivity index (χ4v) is 2.44. The first kappa shape index (κ1) is 15.1. The van der Waals surface area contributed by atoms with Crippen molar-refractivity contribution in [3.05, 3.63) is 29.6 Å². The predicted octanol–water partition coefficient (Wildman–Crippen LogP) is 3.59. The van der Waals surface area contributed by atoms with Crippen LogP contribution in [0.3, 0.4) is 0 Å². The highest BCUT2D eigenvalue weighted by atomic mass is 19.4. The Bertz CT molecular complexity index is 485. The lowest BCUT2D eigenvalue weighted by atomic mass is 9.98. The Hall–Kier alpha value is -1.30. The summed E-state index contributed by atoms with van der Waals surface area (Å²) in [6, 6.07) is 2.58. The highest BCUT2D eigenvalue weighted by molar-refractivity contribution is 5.49. The van der Waals surface area contributed by atoms with E-state index in [4.69, 9.17) is 0 Å². The Kier molecular flexibility index (Phi) is 3.95. The van der Waals surface area contributed by atoms with Crippen molar-refractivity contribution >= 4 is 5.69 Å². The van der Waals surface area contributed by atoms with E-state index >= 15 is 0 Å². The number of anilines is 1. The molecule has 1 atom stereocenters. The normalized spacial score (nSPS) is 24.6. The zero-order chi connectivity index (χ0) is 15.0. The van der Waals surface area contributed by atoms with Crippen molar-refractivity contribution in [2.75, 3.05) is 18.0 Å². The summed E-state index contributed by atoms with van der Waals surface area (Å²) in [5.74, 6) is -0.874. The van der Waals surface area contributed by atoms with Crippen LogP contribution in [0.5, 0.6) is 0 Å². The van der Waals surface area contributed by atoms with Crippen LogP contribution in [-0.2, 0) is 6.18 Å². The lowest BCUT2D eigenvalue weighted by Crippen LogP contribution is -2.28. The number of hydrogen-bond donors (Lipinski definition) is 1. The lowest BCUT2D eigenvalue weighted by Gasteiger charge is -2.25. The maximum atomic E-state index is 13.9. The van der Waals surface area contributed by atoms with Crippen molar-refractivity contribution in [3.8, 4) is 0 Å². The second-order valence-electron chi connectivity index (χ2n) is 5.50. The molecule has 0 spiro atoms. The van der Waals surface area contributed by atoms with E-state index in [1.807, 2.05) is 0 Å². The third-order valence-corrected chi connectivity index (χ3v) is 3.68. The summed E-state index contributed by atoms with van der Waals surface area (Å²) in [4.78, 5) is 1.69. The molecular weight excluding hydrogens is 274 g/mol. The summed E-state index contributed by atoms with van der Waals surface area (Å²) < 4.78 is 51.4. The van der Waals surface area contributed by atoms with Gasteiger partial charge in [0.15, 0.2) is 0 Å². The summed E-state index contributed by atoms with van der Waals surface area (Å²) >= 11 is 0. The summed E-state index contributed by atoms with van der Waals surface area (Å²) in [5.41, 5.74) is -1.62. The van der Waals surface area contributed by atoms with E-state index in [1.165, 1.54) is 0 Å². The zero-order valence-electron chi connectivity index (χ0n) is 11.2. The fraction of sp³-hybridized carbons (Fsp3) is 0.571. The Morgan fingerprint density at radius 1 is 1.20 bits per heavy atom. The van der Waals surface area contributed by atoms with E-state index in [1.54, 1.807) is 11.8 Å². The van der Waals surface area contributed by atoms with Gasteiger partial charge in [0.05, 0.1) is 16.9 Å². The summed E-state index contributed by atoms with van der Waals surface area (Å²) in [6.45, 7) is 2.67. The zero-order valence-corrected chi connectivity index (χ0v) is 11.2. The molecule has 0 saturated carbocycles. The van der Waals surface area contributed by atoms with Gasteiger partial charge in [-0.2, -0.15) is 13.2 Å². The Labute approximate surface area is 115 Å². The Balaban J connectivity index is 2.21. The van der Waals surface area contributed by atoms with Gasteiger partial charge in [-0.1, -0.05) is 0 Å². The number of aliphatic hydroxyl groups is 1. The maximum absolute atomic E-state index is 13.9. The van der Waals surface area contributed by atoms with E-state index in [0.29, 0.717) is 38.4 Å². The van der Waals surface area contributed by atoms with Gasteiger partial charge in [0, 0.05) is 13.1 Å². The van der Waals surface area contributed by atoms with Crippen LogP contribution in [0.4, 0.5) is 23.2 Å². The van der Waals surface area contributed by atoms with E-state index in [-0.39, 0.29) is 5.69 Å². The fourth-order valence-electron chi connectivity index (χ4n) is 2.44.